The molecule has 0 radical (unpaired) electrons. The van der Waals surface area contributed by atoms with Gasteiger partial charge in [0.25, 0.3) is 0 Å². The van der Waals surface area contributed by atoms with Crippen LogP contribution in [-0.4, -0.2) is 16.6 Å². The van der Waals surface area contributed by atoms with E-state index in [1.54, 1.807) is 63.3 Å². The van der Waals surface area contributed by atoms with E-state index in [-0.39, 0.29) is 0 Å². The predicted molar refractivity (Wildman–Crippen MR) is 120 cm³/mol. The normalized spacial score (nSPS) is 11.6. The molecular weight excluding hydrogens is 402 g/mol. The van der Waals surface area contributed by atoms with E-state index in [0.29, 0.717) is 22.5 Å². The fourth-order valence-corrected chi connectivity index (χ4v) is 1.79. The zero-order valence-electron chi connectivity index (χ0n) is 16.4. The minimum absolute atomic E-state index is 0.380. The van der Waals surface area contributed by atoms with Gasteiger partial charge in [-0.3, -0.25) is 0 Å². The summed E-state index contributed by atoms with van der Waals surface area (Å²) in [5.41, 5.74) is 1.50. The number of ether oxygens (including phenoxy) is 1. The van der Waals surface area contributed by atoms with Crippen LogP contribution in [0.4, 0.5) is 4.79 Å². The third-order valence-corrected chi connectivity index (χ3v) is 3.19. The molecule has 0 saturated carbocycles. The zero-order valence-corrected chi connectivity index (χ0v) is 18.0. The van der Waals surface area contributed by atoms with Gasteiger partial charge in [0.05, 0.1) is 0 Å². The van der Waals surface area contributed by atoms with Crippen molar-refractivity contribution < 1.29 is 9.53 Å². The fourth-order valence-electron chi connectivity index (χ4n) is 1.66. The molecule has 0 saturated heterocycles. The van der Waals surface area contributed by atoms with Gasteiger partial charge >= 0.3 is 6.09 Å². The number of allylic oxidation sites excluding steroid dienone is 10. The molecule has 0 aliphatic heterocycles. The largest absolute Gasteiger partial charge is 0.443 e. The average molecular weight is 430 g/mol. The van der Waals surface area contributed by atoms with Crippen LogP contribution < -0.4 is 0 Å². The number of halogens is 1. The van der Waals surface area contributed by atoms with Gasteiger partial charge in [-0.1, -0.05) is 79.7 Å². The highest BCUT2D eigenvalue weighted by atomic mass is 79.9. The van der Waals surface area contributed by atoms with Gasteiger partial charge in [0.2, 0.25) is 0 Å². The number of hydrogen-bond acceptors (Lipinski definition) is 2. The van der Waals surface area contributed by atoms with Crippen molar-refractivity contribution in [3.05, 3.63) is 109 Å². The fraction of sp³-hybridized carbons (Fsp3) is 0.174. The van der Waals surface area contributed by atoms with Crippen LogP contribution in [0.5, 0.6) is 0 Å². The molecule has 0 aromatic heterocycles. The van der Waals surface area contributed by atoms with Crippen LogP contribution in [0.25, 0.3) is 0 Å². The van der Waals surface area contributed by atoms with Gasteiger partial charge in [-0.2, -0.15) is 0 Å². The molecule has 0 aromatic rings. The van der Waals surface area contributed by atoms with E-state index >= 15 is 0 Å². The Labute approximate surface area is 171 Å². The first-order valence-electron chi connectivity index (χ1n) is 8.17. The second-order valence-electron chi connectivity index (χ2n) is 6.56. The summed E-state index contributed by atoms with van der Waals surface area (Å²) < 4.78 is 6.17. The van der Waals surface area contributed by atoms with Gasteiger partial charge in [0, 0.05) is 15.9 Å². The Morgan fingerprint density at radius 1 is 0.889 bits per heavy atom. The molecule has 1 amide bonds. The number of carbonyl (C=O) groups is 1. The van der Waals surface area contributed by atoms with Crippen molar-refractivity contribution in [1.29, 1.82) is 0 Å². The van der Waals surface area contributed by atoms with E-state index in [2.05, 4.69) is 55.4 Å². The summed E-state index contributed by atoms with van der Waals surface area (Å²) in [6.07, 6.45) is 11.3. The molecule has 0 rings (SSSR count). The third kappa shape index (κ3) is 10.2. The van der Waals surface area contributed by atoms with Crippen molar-refractivity contribution >= 4 is 22.0 Å². The maximum absolute atomic E-state index is 12.6. The Hall–Kier alpha value is -2.59. The molecule has 0 aliphatic carbocycles. The minimum atomic E-state index is -0.650. The van der Waals surface area contributed by atoms with Crippen LogP contribution in [0.2, 0.25) is 0 Å². The van der Waals surface area contributed by atoms with Crippen molar-refractivity contribution in [3.63, 3.8) is 0 Å². The Morgan fingerprint density at radius 2 is 1.37 bits per heavy atom. The molecule has 0 unspecified atom stereocenters. The number of nitrogens with zero attached hydrogens (tertiary/aromatic N) is 1. The molecule has 0 aliphatic rings. The number of hydrogen-bond donors (Lipinski definition) is 0. The van der Waals surface area contributed by atoms with Gasteiger partial charge in [0.15, 0.2) is 0 Å². The van der Waals surface area contributed by atoms with E-state index in [1.165, 1.54) is 4.90 Å². The lowest BCUT2D eigenvalue weighted by Crippen LogP contribution is -2.34. The monoisotopic (exact) mass is 429 g/mol. The van der Waals surface area contributed by atoms with Crippen LogP contribution in [0.15, 0.2) is 109 Å². The molecule has 0 bridgehead atoms. The van der Waals surface area contributed by atoms with E-state index < -0.39 is 11.7 Å². The first-order chi connectivity index (χ1) is 12.4. The first kappa shape index (κ1) is 24.4. The highest BCUT2D eigenvalue weighted by Gasteiger charge is 2.24. The molecule has 0 atom stereocenters. The molecule has 4 heteroatoms. The summed E-state index contributed by atoms with van der Waals surface area (Å²) in [6, 6.07) is 0. The number of rotatable bonds is 9. The molecule has 0 aromatic carbocycles. The number of carbonyl (C=O) groups excluding carboxylic acids is 1. The summed E-state index contributed by atoms with van der Waals surface area (Å²) in [6.45, 7) is 28.5. The van der Waals surface area contributed by atoms with Gasteiger partial charge in [-0.05, 0) is 50.1 Å². The van der Waals surface area contributed by atoms with Crippen molar-refractivity contribution in [2.45, 2.75) is 26.4 Å². The summed E-state index contributed by atoms with van der Waals surface area (Å²) in [4.78, 5) is 13.9. The standard InChI is InChI=1S/C23H28BrNO2/c1-10-11-12-20(5)25(22(26)27-23(7,8)9)21(6)16-14-18(3)17(2)13-15-19(4)24/h10-16H,1-6H2,7-9H3/b12-11-,15-13-,16-14-. The van der Waals surface area contributed by atoms with Gasteiger partial charge in [-0.25, -0.2) is 9.69 Å². The third-order valence-electron chi connectivity index (χ3n) is 2.93. The number of amides is 1. The van der Waals surface area contributed by atoms with Crippen LogP contribution in [-0.2, 0) is 4.74 Å². The highest BCUT2D eigenvalue weighted by molar-refractivity contribution is 9.11. The van der Waals surface area contributed by atoms with Crippen LogP contribution in [0.3, 0.4) is 0 Å². The lowest BCUT2D eigenvalue weighted by molar-refractivity contribution is 0.0377. The molecular formula is C23H28BrNO2. The topological polar surface area (TPSA) is 29.5 Å². The molecule has 3 nitrogen and oxygen atoms in total. The van der Waals surface area contributed by atoms with E-state index in [1.807, 2.05) is 0 Å². The summed E-state index contributed by atoms with van der Waals surface area (Å²) in [7, 11) is 0. The Bertz CT molecular complexity index is 743. The Kier molecular flexibility index (Phi) is 10.1. The van der Waals surface area contributed by atoms with E-state index in [4.69, 9.17) is 4.74 Å². The van der Waals surface area contributed by atoms with Crippen molar-refractivity contribution in [2.24, 2.45) is 0 Å². The predicted octanol–water partition coefficient (Wildman–Crippen LogP) is 7.13. The van der Waals surface area contributed by atoms with Crippen molar-refractivity contribution in [3.8, 4) is 0 Å². The SMILES string of the molecule is C=C/C=C\C(=C)N(C(=C)/C=C\C(=C)C(=C)/C=C\C(=C)Br)C(=O)OC(C)(C)C. The van der Waals surface area contributed by atoms with Gasteiger partial charge in [0.1, 0.15) is 5.60 Å². The van der Waals surface area contributed by atoms with Crippen LogP contribution in [0.1, 0.15) is 20.8 Å². The summed E-state index contributed by atoms with van der Waals surface area (Å²) in [5.74, 6) is 0. The maximum Gasteiger partial charge on any atom is 0.419 e. The molecule has 0 spiro atoms. The van der Waals surface area contributed by atoms with Crippen LogP contribution in [0, 0.1) is 0 Å². The molecule has 27 heavy (non-hydrogen) atoms. The van der Waals surface area contributed by atoms with E-state index in [0.717, 1.165) is 4.48 Å². The lowest BCUT2D eigenvalue weighted by Gasteiger charge is -2.28. The highest BCUT2D eigenvalue weighted by Crippen LogP contribution is 2.20. The summed E-state index contributed by atoms with van der Waals surface area (Å²) in [5, 5.41) is 0. The van der Waals surface area contributed by atoms with Crippen molar-refractivity contribution in [2.75, 3.05) is 0 Å². The second kappa shape index (κ2) is 11.2. The van der Waals surface area contributed by atoms with Crippen molar-refractivity contribution in [1.82, 2.24) is 4.90 Å². The smallest absolute Gasteiger partial charge is 0.419 e. The first-order valence-corrected chi connectivity index (χ1v) is 8.97. The van der Waals surface area contributed by atoms with Crippen LogP contribution >= 0.6 is 15.9 Å². The van der Waals surface area contributed by atoms with Gasteiger partial charge in [-0.15, -0.1) is 0 Å². The summed E-state index contributed by atoms with van der Waals surface area (Å²) >= 11 is 3.24. The molecule has 0 fully saturated rings. The second-order valence-corrected chi connectivity index (χ2v) is 7.58. The molecule has 0 heterocycles. The van der Waals surface area contributed by atoms with Gasteiger partial charge < -0.3 is 4.74 Å². The minimum Gasteiger partial charge on any atom is -0.443 e. The zero-order chi connectivity index (χ0) is 21.2. The molecule has 0 N–H and O–H groups in total. The maximum atomic E-state index is 12.6. The molecule has 144 valence electrons. The quantitative estimate of drug-likeness (QED) is 0.364. The lowest BCUT2D eigenvalue weighted by atomic mass is 10.1. The average Bonchev–Trinajstić information content (AvgIpc) is 2.53. The Morgan fingerprint density at radius 3 is 1.81 bits per heavy atom. The Balaban J connectivity index is 5.48. The van der Waals surface area contributed by atoms with E-state index in [9.17, 15) is 4.79 Å².